The van der Waals surface area contributed by atoms with Gasteiger partial charge in [-0.3, -0.25) is 4.79 Å². The summed E-state index contributed by atoms with van der Waals surface area (Å²) in [6.45, 7) is 6.09. The molecule has 0 N–H and O–H groups in total. The van der Waals surface area contributed by atoms with Gasteiger partial charge in [-0.05, 0) is 25.8 Å². The first-order valence-electron chi connectivity index (χ1n) is 6.71. The van der Waals surface area contributed by atoms with Crippen molar-refractivity contribution in [1.29, 1.82) is 0 Å². The molecule has 1 saturated heterocycles. The van der Waals surface area contributed by atoms with Crippen LogP contribution in [0.3, 0.4) is 0 Å². The number of carbonyl (C=O) groups excluding carboxylic acids is 1. The molecule has 2 rings (SSSR count). The lowest BCUT2D eigenvalue weighted by Crippen LogP contribution is -2.48. The Morgan fingerprint density at radius 1 is 1.47 bits per heavy atom. The largest absolute Gasteiger partial charge is 0.466 e. The summed E-state index contributed by atoms with van der Waals surface area (Å²) in [5, 5.41) is 0. The van der Waals surface area contributed by atoms with E-state index in [9.17, 15) is 4.79 Å². The molecule has 1 fully saturated rings. The normalized spacial score (nSPS) is 28.1. The summed E-state index contributed by atoms with van der Waals surface area (Å²) in [5.74, 6) is 0.156. The first kappa shape index (κ1) is 14.8. The fourth-order valence-electron chi connectivity index (χ4n) is 2.86. The van der Waals surface area contributed by atoms with Crippen LogP contribution in [0.15, 0.2) is 30.3 Å². The molecule has 1 aromatic carbocycles. The molecule has 0 aliphatic carbocycles. The van der Waals surface area contributed by atoms with Gasteiger partial charge >= 0.3 is 5.97 Å². The Labute approximate surface area is 128 Å². The smallest absolute Gasteiger partial charge is 0.313 e. The number of hydrogen-bond donors (Lipinski definition) is 0. The molecule has 0 bridgehead atoms. The zero-order valence-corrected chi connectivity index (χ0v) is 13.6. The Hall–Kier alpha value is -0.620. The molecule has 1 heterocycles. The number of esters is 1. The van der Waals surface area contributed by atoms with Crippen LogP contribution in [0.4, 0.5) is 0 Å². The Bertz CT molecular complexity index is 437. The minimum atomic E-state index is -0.462. The van der Waals surface area contributed by atoms with E-state index in [2.05, 4.69) is 38.1 Å². The third-order valence-corrected chi connectivity index (χ3v) is 4.70. The molecule has 3 nitrogen and oxygen atoms in total. The van der Waals surface area contributed by atoms with Gasteiger partial charge in [0.15, 0.2) is 0 Å². The molecule has 0 amide bonds. The van der Waals surface area contributed by atoms with Crippen LogP contribution in [0.5, 0.6) is 0 Å². The van der Waals surface area contributed by atoms with E-state index >= 15 is 0 Å². The summed E-state index contributed by atoms with van der Waals surface area (Å²) in [6, 6.07) is 10.3. The van der Waals surface area contributed by atoms with Gasteiger partial charge in [0.1, 0.15) is 0 Å². The average molecular weight is 373 g/mol. The van der Waals surface area contributed by atoms with Crippen LogP contribution < -0.4 is 0 Å². The lowest BCUT2D eigenvalue weighted by molar-refractivity contribution is -0.157. The Kier molecular flexibility index (Phi) is 4.84. The third kappa shape index (κ3) is 3.11. The SMILES string of the molecule is CCOC(=O)C1(C)CN(I)CCC1c1ccccc1. The maximum atomic E-state index is 12.4. The zero-order chi connectivity index (χ0) is 13.9. The van der Waals surface area contributed by atoms with E-state index in [4.69, 9.17) is 4.74 Å². The lowest BCUT2D eigenvalue weighted by Gasteiger charge is -2.42. The highest BCUT2D eigenvalue weighted by atomic mass is 127. The number of carbonyl (C=O) groups is 1. The second kappa shape index (κ2) is 6.22. The van der Waals surface area contributed by atoms with Gasteiger partial charge in [-0.2, -0.15) is 0 Å². The van der Waals surface area contributed by atoms with Gasteiger partial charge < -0.3 is 4.74 Å². The van der Waals surface area contributed by atoms with Gasteiger partial charge in [0, 0.05) is 41.9 Å². The molecule has 19 heavy (non-hydrogen) atoms. The van der Waals surface area contributed by atoms with Crippen LogP contribution in [-0.4, -0.2) is 28.8 Å². The monoisotopic (exact) mass is 373 g/mol. The molecule has 0 aromatic heterocycles. The molecule has 0 radical (unpaired) electrons. The molecular formula is C15H20INO2. The third-order valence-electron chi connectivity index (χ3n) is 3.87. The van der Waals surface area contributed by atoms with Crippen molar-refractivity contribution >= 4 is 28.8 Å². The molecule has 4 heteroatoms. The van der Waals surface area contributed by atoms with Crippen molar-refractivity contribution in [2.75, 3.05) is 19.7 Å². The van der Waals surface area contributed by atoms with E-state index in [-0.39, 0.29) is 11.9 Å². The number of piperidine rings is 1. The van der Waals surface area contributed by atoms with Crippen molar-refractivity contribution in [2.24, 2.45) is 5.41 Å². The van der Waals surface area contributed by atoms with Crippen molar-refractivity contribution in [3.8, 4) is 0 Å². The second-order valence-corrected chi connectivity index (χ2v) is 6.60. The lowest BCUT2D eigenvalue weighted by atomic mass is 9.69. The molecule has 2 atom stereocenters. The zero-order valence-electron chi connectivity index (χ0n) is 11.4. The molecule has 104 valence electrons. The van der Waals surface area contributed by atoms with Crippen molar-refractivity contribution in [3.05, 3.63) is 35.9 Å². The summed E-state index contributed by atoms with van der Waals surface area (Å²) >= 11 is 2.30. The standard InChI is InChI=1S/C15H20INO2/c1-3-19-14(18)15(2)11-17(16)10-9-13(15)12-7-5-4-6-8-12/h4-8,13H,3,9-11H2,1-2H3. The Balaban J connectivity index is 2.31. The fraction of sp³-hybridized carbons (Fsp3) is 0.533. The van der Waals surface area contributed by atoms with Crippen molar-refractivity contribution in [3.63, 3.8) is 0 Å². The first-order valence-corrected chi connectivity index (χ1v) is 7.67. The summed E-state index contributed by atoms with van der Waals surface area (Å²) in [6.07, 6.45) is 0.988. The van der Waals surface area contributed by atoms with Crippen LogP contribution in [0, 0.1) is 5.41 Å². The molecule has 1 aliphatic rings. The van der Waals surface area contributed by atoms with E-state index < -0.39 is 5.41 Å². The van der Waals surface area contributed by atoms with Crippen molar-refractivity contribution < 1.29 is 9.53 Å². The van der Waals surface area contributed by atoms with Crippen LogP contribution in [0.25, 0.3) is 0 Å². The molecule has 1 aromatic rings. The van der Waals surface area contributed by atoms with Crippen LogP contribution >= 0.6 is 22.9 Å². The van der Waals surface area contributed by atoms with Gasteiger partial charge in [-0.15, -0.1) is 0 Å². The summed E-state index contributed by atoms with van der Waals surface area (Å²) in [7, 11) is 0. The molecule has 0 spiro atoms. The maximum Gasteiger partial charge on any atom is 0.313 e. The molecule has 2 unspecified atom stereocenters. The number of halogens is 1. The molecule has 1 aliphatic heterocycles. The van der Waals surface area contributed by atoms with Gasteiger partial charge in [0.25, 0.3) is 0 Å². The van der Waals surface area contributed by atoms with E-state index in [1.54, 1.807) is 0 Å². The van der Waals surface area contributed by atoms with Gasteiger partial charge in [-0.25, -0.2) is 3.11 Å². The molecular weight excluding hydrogens is 353 g/mol. The van der Waals surface area contributed by atoms with Crippen molar-refractivity contribution in [1.82, 2.24) is 3.11 Å². The number of ether oxygens (including phenoxy) is 1. The highest BCUT2D eigenvalue weighted by molar-refractivity contribution is 14.1. The number of rotatable bonds is 3. The van der Waals surface area contributed by atoms with Crippen molar-refractivity contribution in [2.45, 2.75) is 26.2 Å². The van der Waals surface area contributed by atoms with Crippen LogP contribution in [0.2, 0.25) is 0 Å². The maximum absolute atomic E-state index is 12.4. The van der Waals surface area contributed by atoms with E-state index in [1.165, 1.54) is 5.56 Å². The predicted molar refractivity (Wildman–Crippen MR) is 84.1 cm³/mol. The number of benzene rings is 1. The first-order chi connectivity index (χ1) is 9.08. The summed E-state index contributed by atoms with van der Waals surface area (Å²) < 4.78 is 7.50. The van der Waals surface area contributed by atoms with Gasteiger partial charge in [0.05, 0.1) is 12.0 Å². The number of nitrogens with zero attached hydrogens (tertiary/aromatic N) is 1. The van der Waals surface area contributed by atoms with E-state index in [0.717, 1.165) is 19.5 Å². The van der Waals surface area contributed by atoms with Crippen LogP contribution in [-0.2, 0) is 9.53 Å². The highest BCUT2D eigenvalue weighted by Gasteiger charge is 2.46. The quantitative estimate of drug-likeness (QED) is 0.462. The Morgan fingerprint density at radius 2 is 2.16 bits per heavy atom. The van der Waals surface area contributed by atoms with Crippen LogP contribution in [0.1, 0.15) is 31.7 Å². The van der Waals surface area contributed by atoms with E-state index in [1.807, 2.05) is 32.0 Å². The van der Waals surface area contributed by atoms with Gasteiger partial charge in [0.2, 0.25) is 0 Å². The van der Waals surface area contributed by atoms with Gasteiger partial charge in [-0.1, -0.05) is 30.3 Å². The predicted octanol–water partition coefficient (Wildman–Crippen LogP) is 3.40. The average Bonchev–Trinajstić information content (AvgIpc) is 2.40. The minimum absolute atomic E-state index is 0.0785. The minimum Gasteiger partial charge on any atom is -0.466 e. The topological polar surface area (TPSA) is 29.5 Å². The highest BCUT2D eigenvalue weighted by Crippen LogP contribution is 2.44. The summed E-state index contributed by atoms with van der Waals surface area (Å²) in [5.41, 5.74) is 0.777. The molecule has 0 saturated carbocycles. The fourth-order valence-corrected chi connectivity index (χ4v) is 3.84. The Morgan fingerprint density at radius 3 is 2.79 bits per heavy atom. The van der Waals surface area contributed by atoms with E-state index in [0.29, 0.717) is 6.61 Å². The summed E-state index contributed by atoms with van der Waals surface area (Å²) in [4.78, 5) is 12.4. The second-order valence-electron chi connectivity index (χ2n) is 5.23. The number of hydrogen-bond acceptors (Lipinski definition) is 3.